The van der Waals surface area contributed by atoms with E-state index in [0.717, 1.165) is 16.5 Å². The van der Waals surface area contributed by atoms with Crippen molar-refractivity contribution in [2.24, 2.45) is 7.05 Å². The van der Waals surface area contributed by atoms with Gasteiger partial charge in [0.05, 0.1) is 17.3 Å². The molecule has 1 aromatic carbocycles. The van der Waals surface area contributed by atoms with Gasteiger partial charge >= 0.3 is 0 Å². The van der Waals surface area contributed by atoms with Crippen molar-refractivity contribution in [2.45, 2.75) is 6.54 Å². The Morgan fingerprint density at radius 2 is 2.15 bits per heavy atom. The maximum Gasteiger partial charge on any atom is 0.253 e. The highest BCUT2D eigenvalue weighted by atomic mass is 16.1. The van der Waals surface area contributed by atoms with Gasteiger partial charge in [0.15, 0.2) is 0 Å². The first-order valence-electron chi connectivity index (χ1n) is 6.33. The number of benzene rings is 1. The van der Waals surface area contributed by atoms with Gasteiger partial charge in [-0.05, 0) is 12.1 Å². The van der Waals surface area contributed by atoms with Gasteiger partial charge in [0.2, 0.25) is 0 Å². The standard InChI is InChI=1S/C15H14N4O/c1-19-10-11(8-18-19)7-17-15(20)13-6-12-4-2-3-5-14(12)16-9-13/h2-6,8-10H,7H2,1H3,(H,17,20). The summed E-state index contributed by atoms with van der Waals surface area (Å²) in [6, 6.07) is 9.58. The van der Waals surface area contributed by atoms with Crippen molar-refractivity contribution >= 4 is 16.8 Å². The number of para-hydroxylation sites is 1. The maximum absolute atomic E-state index is 12.1. The van der Waals surface area contributed by atoms with Crippen molar-refractivity contribution in [3.63, 3.8) is 0 Å². The normalized spacial score (nSPS) is 10.7. The molecule has 2 heterocycles. The van der Waals surface area contributed by atoms with E-state index in [1.54, 1.807) is 17.1 Å². The van der Waals surface area contributed by atoms with E-state index >= 15 is 0 Å². The molecule has 0 atom stereocenters. The van der Waals surface area contributed by atoms with E-state index in [4.69, 9.17) is 0 Å². The van der Waals surface area contributed by atoms with Gasteiger partial charge in [0.1, 0.15) is 0 Å². The van der Waals surface area contributed by atoms with E-state index in [1.165, 1.54) is 0 Å². The number of carbonyl (C=O) groups is 1. The number of nitrogens with one attached hydrogen (secondary N) is 1. The minimum atomic E-state index is -0.132. The van der Waals surface area contributed by atoms with E-state index in [0.29, 0.717) is 12.1 Å². The van der Waals surface area contributed by atoms with Crippen molar-refractivity contribution in [2.75, 3.05) is 0 Å². The molecule has 0 radical (unpaired) electrons. The van der Waals surface area contributed by atoms with Crippen LogP contribution in [0.5, 0.6) is 0 Å². The fourth-order valence-electron chi connectivity index (χ4n) is 2.04. The first-order valence-corrected chi connectivity index (χ1v) is 6.33. The second-order valence-electron chi connectivity index (χ2n) is 4.62. The highest BCUT2D eigenvalue weighted by Gasteiger charge is 2.07. The van der Waals surface area contributed by atoms with Crippen LogP contribution in [0.1, 0.15) is 15.9 Å². The molecule has 0 aliphatic heterocycles. The topological polar surface area (TPSA) is 59.8 Å². The lowest BCUT2D eigenvalue weighted by atomic mass is 10.1. The number of carbonyl (C=O) groups excluding carboxylic acids is 1. The Balaban J connectivity index is 1.75. The molecular formula is C15H14N4O. The van der Waals surface area contributed by atoms with Gasteiger partial charge in [-0.2, -0.15) is 5.10 Å². The molecule has 2 aromatic heterocycles. The van der Waals surface area contributed by atoms with Crippen LogP contribution in [0.4, 0.5) is 0 Å². The number of rotatable bonds is 3. The van der Waals surface area contributed by atoms with Crippen LogP contribution in [-0.4, -0.2) is 20.7 Å². The Morgan fingerprint density at radius 1 is 1.30 bits per heavy atom. The Bertz CT molecular complexity index is 763. The Hall–Kier alpha value is -2.69. The van der Waals surface area contributed by atoms with E-state index in [-0.39, 0.29) is 5.91 Å². The zero-order chi connectivity index (χ0) is 13.9. The van der Waals surface area contributed by atoms with Crippen molar-refractivity contribution < 1.29 is 4.79 Å². The van der Waals surface area contributed by atoms with E-state index in [9.17, 15) is 4.79 Å². The number of pyridine rings is 1. The Morgan fingerprint density at radius 3 is 2.95 bits per heavy atom. The molecular weight excluding hydrogens is 252 g/mol. The van der Waals surface area contributed by atoms with Gasteiger partial charge in [-0.1, -0.05) is 18.2 Å². The van der Waals surface area contributed by atoms with Crippen LogP contribution in [0, 0.1) is 0 Å². The van der Waals surface area contributed by atoms with Crippen LogP contribution >= 0.6 is 0 Å². The molecule has 20 heavy (non-hydrogen) atoms. The number of aromatic nitrogens is 3. The zero-order valence-electron chi connectivity index (χ0n) is 11.1. The zero-order valence-corrected chi connectivity index (χ0v) is 11.1. The predicted octanol–water partition coefficient (Wildman–Crippen LogP) is 1.90. The summed E-state index contributed by atoms with van der Waals surface area (Å²) in [6.07, 6.45) is 5.21. The summed E-state index contributed by atoms with van der Waals surface area (Å²) < 4.78 is 1.71. The molecule has 0 spiro atoms. The highest BCUT2D eigenvalue weighted by molar-refractivity contribution is 5.97. The lowest BCUT2D eigenvalue weighted by Crippen LogP contribution is -2.22. The first kappa shape index (κ1) is 12.3. The summed E-state index contributed by atoms with van der Waals surface area (Å²) >= 11 is 0. The highest BCUT2D eigenvalue weighted by Crippen LogP contribution is 2.12. The monoisotopic (exact) mass is 266 g/mol. The number of hydrogen-bond donors (Lipinski definition) is 1. The second kappa shape index (κ2) is 5.13. The Labute approximate surface area is 116 Å². The second-order valence-corrected chi connectivity index (χ2v) is 4.62. The van der Waals surface area contributed by atoms with Crippen LogP contribution in [-0.2, 0) is 13.6 Å². The van der Waals surface area contributed by atoms with Gasteiger partial charge < -0.3 is 5.32 Å². The number of nitrogens with zero attached hydrogens (tertiary/aromatic N) is 3. The summed E-state index contributed by atoms with van der Waals surface area (Å²) in [4.78, 5) is 16.4. The average Bonchev–Trinajstić information content (AvgIpc) is 2.90. The molecule has 0 aliphatic carbocycles. The third-order valence-electron chi connectivity index (χ3n) is 3.06. The molecule has 3 aromatic rings. The fraction of sp³-hybridized carbons (Fsp3) is 0.133. The minimum absolute atomic E-state index is 0.132. The molecule has 3 rings (SSSR count). The van der Waals surface area contributed by atoms with Crippen molar-refractivity contribution in [1.82, 2.24) is 20.1 Å². The van der Waals surface area contributed by atoms with E-state index in [2.05, 4.69) is 15.4 Å². The number of aryl methyl sites for hydroxylation is 1. The van der Waals surface area contributed by atoms with Crippen LogP contribution in [0.3, 0.4) is 0 Å². The van der Waals surface area contributed by atoms with Gasteiger partial charge in [0, 0.05) is 36.9 Å². The van der Waals surface area contributed by atoms with Gasteiger partial charge in [-0.25, -0.2) is 0 Å². The molecule has 5 nitrogen and oxygen atoms in total. The van der Waals surface area contributed by atoms with Gasteiger partial charge in [-0.3, -0.25) is 14.5 Å². The van der Waals surface area contributed by atoms with Gasteiger partial charge in [0.25, 0.3) is 5.91 Å². The number of amides is 1. The quantitative estimate of drug-likeness (QED) is 0.787. The van der Waals surface area contributed by atoms with Crippen LogP contribution < -0.4 is 5.32 Å². The molecule has 1 N–H and O–H groups in total. The summed E-state index contributed by atoms with van der Waals surface area (Å²) in [7, 11) is 1.85. The largest absolute Gasteiger partial charge is 0.348 e. The number of hydrogen-bond acceptors (Lipinski definition) is 3. The predicted molar refractivity (Wildman–Crippen MR) is 76.1 cm³/mol. The summed E-state index contributed by atoms with van der Waals surface area (Å²) in [6.45, 7) is 0.458. The molecule has 0 bridgehead atoms. The molecule has 100 valence electrons. The summed E-state index contributed by atoms with van der Waals surface area (Å²) in [5.41, 5.74) is 2.42. The molecule has 0 aliphatic rings. The first-order chi connectivity index (χ1) is 9.72. The van der Waals surface area contributed by atoms with Gasteiger partial charge in [-0.15, -0.1) is 0 Å². The maximum atomic E-state index is 12.1. The lowest BCUT2D eigenvalue weighted by molar-refractivity contribution is 0.0950. The van der Waals surface area contributed by atoms with Crippen molar-refractivity contribution in [3.05, 3.63) is 60.0 Å². The molecule has 0 unspecified atom stereocenters. The third-order valence-corrected chi connectivity index (χ3v) is 3.06. The minimum Gasteiger partial charge on any atom is -0.348 e. The van der Waals surface area contributed by atoms with Crippen molar-refractivity contribution in [1.29, 1.82) is 0 Å². The summed E-state index contributed by atoms with van der Waals surface area (Å²) in [5, 5.41) is 7.88. The molecule has 0 saturated heterocycles. The molecule has 0 fully saturated rings. The molecule has 1 amide bonds. The van der Waals surface area contributed by atoms with E-state index in [1.807, 2.05) is 43.6 Å². The number of fused-ring (bicyclic) bond motifs is 1. The third kappa shape index (κ3) is 2.51. The Kier molecular flexibility index (Phi) is 3.16. The lowest BCUT2D eigenvalue weighted by Gasteiger charge is -2.04. The van der Waals surface area contributed by atoms with Crippen LogP contribution in [0.15, 0.2) is 48.9 Å². The van der Waals surface area contributed by atoms with Crippen molar-refractivity contribution in [3.8, 4) is 0 Å². The summed E-state index contributed by atoms with van der Waals surface area (Å²) in [5.74, 6) is -0.132. The SMILES string of the molecule is Cn1cc(CNC(=O)c2cnc3ccccc3c2)cn1. The van der Waals surface area contributed by atoms with E-state index < -0.39 is 0 Å². The molecule has 5 heteroatoms. The smallest absolute Gasteiger partial charge is 0.253 e. The van der Waals surface area contributed by atoms with Crippen LogP contribution in [0.25, 0.3) is 10.9 Å². The van der Waals surface area contributed by atoms with Crippen LogP contribution in [0.2, 0.25) is 0 Å². The average molecular weight is 266 g/mol. The molecule has 0 saturated carbocycles. The fourth-order valence-corrected chi connectivity index (χ4v) is 2.04.